The molecule has 0 bridgehead atoms. The van der Waals surface area contributed by atoms with Crippen molar-refractivity contribution in [2.75, 3.05) is 11.9 Å². The van der Waals surface area contributed by atoms with Crippen LogP contribution in [0, 0.1) is 11.3 Å². The average Bonchev–Trinajstić information content (AvgIpc) is 3.42. The molecule has 4 aromatic rings. The molecule has 3 aromatic carbocycles. The number of anilines is 1. The molecule has 2 heterocycles. The molecule has 0 spiro atoms. The van der Waals surface area contributed by atoms with E-state index in [1.165, 1.54) is 16.7 Å². The number of nitrogens with zero attached hydrogens (tertiary/aromatic N) is 3. The zero-order valence-corrected chi connectivity index (χ0v) is 16.6. The van der Waals surface area contributed by atoms with Gasteiger partial charge < -0.3 is 5.32 Å². The second-order valence-electron chi connectivity index (χ2n) is 7.60. The number of fused-ring (bicyclic) bond motifs is 1. The van der Waals surface area contributed by atoms with Gasteiger partial charge in [0.05, 0.1) is 23.0 Å². The van der Waals surface area contributed by atoms with Crippen molar-refractivity contribution in [2.24, 2.45) is 0 Å². The van der Waals surface area contributed by atoms with Gasteiger partial charge in [-0.1, -0.05) is 60.7 Å². The maximum Gasteiger partial charge on any atom is 0.133 e. The number of nitriles is 1. The molecule has 5 rings (SSSR count). The summed E-state index contributed by atoms with van der Waals surface area (Å²) in [7, 11) is 0. The Morgan fingerprint density at radius 3 is 2.13 bits per heavy atom. The van der Waals surface area contributed by atoms with Crippen LogP contribution in [0.3, 0.4) is 0 Å². The van der Waals surface area contributed by atoms with Crippen LogP contribution >= 0.6 is 0 Å². The van der Waals surface area contributed by atoms with Crippen molar-refractivity contribution in [1.82, 2.24) is 9.78 Å². The third-order valence-corrected chi connectivity index (χ3v) is 5.78. The van der Waals surface area contributed by atoms with Gasteiger partial charge >= 0.3 is 0 Å². The van der Waals surface area contributed by atoms with Crippen LogP contribution in [0.25, 0.3) is 5.69 Å². The standard InChI is InChI=1S/C26H22N4/c27-18-19-11-13-22(14-12-19)30-26-23(15-16-28-26)25(29-30)17-24(20-7-3-1-4-8-20)21-9-5-2-6-10-21/h1-14,24,28H,15-17H2. The second kappa shape index (κ2) is 7.88. The summed E-state index contributed by atoms with van der Waals surface area (Å²) in [6, 6.07) is 31.1. The first kappa shape index (κ1) is 18.2. The first-order valence-corrected chi connectivity index (χ1v) is 10.3. The van der Waals surface area contributed by atoms with Crippen molar-refractivity contribution < 1.29 is 0 Å². The molecule has 1 aromatic heterocycles. The van der Waals surface area contributed by atoms with Crippen molar-refractivity contribution >= 4 is 5.82 Å². The summed E-state index contributed by atoms with van der Waals surface area (Å²) in [5.41, 5.74) is 6.67. The molecule has 4 heteroatoms. The summed E-state index contributed by atoms with van der Waals surface area (Å²) >= 11 is 0. The van der Waals surface area contributed by atoms with Gasteiger partial charge in [0.2, 0.25) is 0 Å². The highest BCUT2D eigenvalue weighted by Gasteiger charge is 2.26. The van der Waals surface area contributed by atoms with Gasteiger partial charge in [0.1, 0.15) is 5.82 Å². The van der Waals surface area contributed by atoms with Gasteiger partial charge in [0, 0.05) is 24.4 Å². The van der Waals surface area contributed by atoms with Gasteiger partial charge in [-0.05, 0) is 41.8 Å². The Kier molecular flexibility index (Phi) is 4.78. The molecule has 30 heavy (non-hydrogen) atoms. The minimum atomic E-state index is 0.251. The summed E-state index contributed by atoms with van der Waals surface area (Å²) in [5.74, 6) is 1.33. The molecule has 1 aliphatic rings. The lowest BCUT2D eigenvalue weighted by molar-refractivity contribution is 0.745. The number of hydrogen-bond donors (Lipinski definition) is 1. The lowest BCUT2D eigenvalue weighted by atomic mass is 9.86. The van der Waals surface area contributed by atoms with E-state index >= 15 is 0 Å². The smallest absolute Gasteiger partial charge is 0.133 e. The first-order chi connectivity index (χ1) is 14.8. The fourth-order valence-electron chi connectivity index (χ4n) is 4.27. The summed E-state index contributed by atoms with van der Waals surface area (Å²) in [6.07, 6.45) is 1.83. The van der Waals surface area contributed by atoms with Gasteiger partial charge in [-0.25, -0.2) is 4.68 Å². The monoisotopic (exact) mass is 390 g/mol. The first-order valence-electron chi connectivity index (χ1n) is 10.3. The molecule has 1 N–H and O–H groups in total. The van der Waals surface area contributed by atoms with Gasteiger partial charge in [-0.3, -0.25) is 0 Å². The Hall–Kier alpha value is -3.84. The third kappa shape index (κ3) is 3.35. The Balaban J connectivity index is 1.55. The van der Waals surface area contributed by atoms with Gasteiger partial charge in [-0.15, -0.1) is 0 Å². The maximum absolute atomic E-state index is 9.09. The molecule has 0 radical (unpaired) electrons. The van der Waals surface area contributed by atoms with Gasteiger partial charge in [-0.2, -0.15) is 10.4 Å². The van der Waals surface area contributed by atoms with Crippen LogP contribution < -0.4 is 5.32 Å². The molecule has 1 aliphatic heterocycles. The van der Waals surface area contributed by atoms with E-state index in [1.807, 2.05) is 28.9 Å². The van der Waals surface area contributed by atoms with E-state index < -0.39 is 0 Å². The number of benzene rings is 3. The molecule has 0 aliphatic carbocycles. The van der Waals surface area contributed by atoms with Crippen molar-refractivity contribution in [1.29, 1.82) is 5.26 Å². The zero-order chi connectivity index (χ0) is 20.3. The molecule has 0 saturated heterocycles. The van der Waals surface area contributed by atoms with Crippen LogP contribution in [0.1, 0.15) is 33.9 Å². The highest BCUT2D eigenvalue weighted by Crippen LogP contribution is 2.34. The van der Waals surface area contributed by atoms with E-state index in [9.17, 15) is 0 Å². The fourth-order valence-corrected chi connectivity index (χ4v) is 4.27. The van der Waals surface area contributed by atoms with Crippen molar-refractivity contribution in [3.05, 3.63) is 113 Å². The van der Waals surface area contributed by atoms with Crippen LogP contribution in [-0.2, 0) is 12.8 Å². The second-order valence-corrected chi connectivity index (χ2v) is 7.60. The van der Waals surface area contributed by atoms with Gasteiger partial charge in [0.15, 0.2) is 0 Å². The minimum absolute atomic E-state index is 0.251. The Labute approximate surface area is 176 Å². The molecular formula is C26H22N4. The Morgan fingerprint density at radius 1 is 0.900 bits per heavy atom. The summed E-state index contributed by atoms with van der Waals surface area (Å²) in [6.45, 7) is 0.928. The molecule has 0 fully saturated rings. The normalized spacial score (nSPS) is 12.4. The van der Waals surface area contributed by atoms with E-state index in [2.05, 4.69) is 72.0 Å². The molecule has 146 valence electrons. The molecule has 0 amide bonds. The van der Waals surface area contributed by atoms with Crippen LogP contribution in [0.2, 0.25) is 0 Å². The van der Waals surface area contributed by atoms with E-state index in [0.29, 0.717) is 5.56 Å². The lowest BCUT2D eigenvalue weighted by Gasteiger charge is -2.17. The Bertz CT molecular complexity index is 1150. The molecule has 0 unspecified atom stereocenters. The maximum atomic E-state index is 9.09. The summed E-state index contributed by atoms with van der Waals surface area (Å²) < 4.78 is 1.99. The zero-order valence-electron chi connectivity index (χ0n) is 16.6. The summed E-state index contributed by atoms with van der Waals surface area (Å²) in [4.78, 5) is 0. The molecule has 0 atom stereocenters. The minimum Gasteiger partial charge on any atom is -0.369 e. The Morgan fingerprint density at radius 2 is 1.53 bits per heavy atom. The van der Waals surface area contributed by atoms with Crippen LogP contribution in [0.5, 0.6) is 0 Å². The molecule has 4 nitrogen and oxygen atoms in total. The molecular weight excluding hydrogens is 368 g/mol. The SMILES string of the molecule is N#Cc1ccc(-n2nc(CC(c3ccccc3)c3ccccc3)c3c2NCC3)cc1. The van der Waals surface area contributed by atoms with Crippen LogP contribution in [0.4, 0.5) is 5.82 Å². The fraction of sp³-hybridized carbons (Fsp3) is 0.154. The topological polar surface area (TPSA) is 53.6 Å². The van der Waals surface area contributed by atoms with E-state index in [4.69, 9.17) is 10.4 Å². The quantitative estimate of drug-likeness (QED) is 0.517. The summed E-state index contributed by atoms with van der Waals surface area (Å²) in [5, 5.41) is 17.6. The lowest BCUT2D eigenvalue weighted by Crippen LogP contribution is -2.09. The largest absolute Gasteiger partial charge is 0.369 e. The highest BCUT2D eigenvalue weighted by molar-refractivity contribution is 5.58. The van der Waals surface area contributed by atoms with Crippen molar-refractivity contribution in [3.63, 3.8) is 0 Å². The number of nitrogens with one attached hydrogen (secondary N) is 1. The number of hydrogen-bond acceptors (Lipinski definition) is 3. The number of aromatic nitrogens is 2. The van der Waals surface area contributed by atoms with E-state index in [-0.39, 0.29) is 5.92 Å². The van der Waals surface area contributed by atoms with Crippen LogP contribution in [0.15, 0.2) is 84.9 Å². The van der Waals surface area contributed by atoms with Gasteiger partial charge in [0.25, 0.3) is 0 Å². The van der Waals surface area contributed by atoms with Crippen molar-refractivity contribution in [2.45, 2.75) is 18.8 Å². The number of rotatable bonds is 5. The van der Waals surface area contributed by atoms with E-state index in [0.717, 1.165) is 36.6 Å². The highest BCUT2D eigenvalue weighted by atomic mass is 15.3. The predicted octanol–water partition coefficient (Wildman–Crippen LogP) is 5.09. The van der Waals surface area contributed by atoms with Crippen molar-refractivity contribution in [3.8, 4) is 11.8 Å². The predicted molar refractivity (Wildman–Crippen MR) is 119 cm³/mol. The van der Waals surface area contributed by atoms with Crippen LogP contribution in [-0.4, -0.2) is 16.3 Å². The average molecular weight is 390 g/mol. The third-order valence-electron chi connectivity index (χ3n) is 5.78. The molecule has 0 saturated carbocycles. The van der Waals surface area contributed by atoms with E-state index in [1.54, 1.807) is 0 Å².